The molecule has 2 rings (SSSR count). The fraction of sp³-hybridized carbons (Fsp3) is 0.231. The number of hydrogen-bond donors (Lipinski definition) is 2. The smallest absolute Gasteiger partial charge is 0.222 e. The van der Waals surface area contributed by atoms with E-state index in [1.165, 1.54) is 11.3 Å². The summed E-state index contributed by atoms with van der Waals surface area (Å²) in [4.78, 5) is 15.8. The van der Waals surface area contributed by atoms with Crippen LogP contribution < -0.4 is 11.1 Å². The summed E-state index contributed by atoms with van der Waals surface area (Å²) in [6.07, 6.45) is 2.01. The number of carbonyl (C=O) groups excluding carboxylic acids is 1. The lowest BCUT2D eigenvalue weighted by molar-refractivity contribution is -0.121. The van der Waals surface area contributed by atoms with Gasteiger partial charge in [-0.25, -0.2) is 4.98 Å². The molecule has 0 spiro atoms. The lowest BCUT2D eigenvalue weighted by atomic mass is 10.0. The van der Waals surface area contributed by atoms with Gasteiger partial charge in [0, 0.05) is 24.0 Å². The third kappa shape index (κ3) is 3.65. The number of rotatable bonds is 5. The Hall–Kier alpha value is -1.72. The average Bonchev–Trinajstić information content (AvgIpc) is 2.90. The van der Waals surface area contributed by atoms with E-state index < -0.39 is 0 Å². The quantitative estimate of drug-likeness (QED) is 0.863. The Labute approximate surface area is 110 Å². The normalized spacial score (nSPS) is 12.1. The maximum Gasteiger partial charge on any atom is 0.222 e. The van der Waals surface area contributed by atoms with Gasteiger partial charge in [-0.1, -0.05) is 30.3 Å². The van der Waals surface area contributed by atoms with Gasteiger partial charge in [0.25, 0.3) is 0 Å². The molecule has 1 atom stereocenters. The molecule has 18 heavy (non-hydrogen) atoms. The van der Waals surface area contributed by atoms with Crippen molar-refractivity contribution in [3.05, 3.63) is 52.5 Å². The highest BCUT2D eigenvalue weighted by molar-refractivity contribution is 7.09. The van der Waals surface area contributed by atoms with Gasteiger partial charge in [0.05, 0.1) is 6.54 Å². The first-order valence-electron chi connectivity index (χ1n) is 5.71. The van der Waals surface area contributed by atoms with Crippen LogP contribution in [0.5, 0.6) is 0 Å². The predicted molar refractivity (Wildman–Crippen MR) is 71.9 cm³/mol. The largest absolute Gasteiger partial charge is 0.350 e. The SMILES string of the molecule is NC(CC(=O)NCc1nccs1)c1ccccc1. The fourth-order valence-corrected chi connectivity index (χ4v) is 2.16. The van der Waals surface area contributed by atoms with Crippen LogP contribution in [0.1, 0.15) is 23.0 Å². The number of benzene rings is 1. The summed E-state index contributed by atoms with van der Waals surface area (Å²) in [5, 5.41) is 5.60. The minimum absolute atomic E-state index is 0.0541. The zero-order valence-electron chi connectivity index (χ0n) is 9.87. The standard InChI is InChI=1S/C13H15N3OS/c14-11(10-4-2-1-3-5-10)8-12(17)16-9-13-15-6-7-18-13/h1-7,11H,8-9,14H2,(H,16,17). The van der Waals surface area contributed by atoms with E-state index in [1.54, 1.807) is 6.20 Å². The molecule has 0 bridgehead atoms. The molecular formula is C13H15N3OS. The first-order chi connectivity index (χ1) is 8.75. The number of amides is 1. The van der Waals surface area contributed by atoms with Gasteiger partial charge in [0.15, 0.2) is 0 Å². The lowest BCUT2D eigenvalue weighted by Crippen LogP contribution is -2.27. The Kier molecular flexibility index (Phi) is 4.44. The molecular weight excluding hydrogens is 246 g/mol. The van der Waals surface area contributed by atoms with Gasteiger partial charge in [-0.2, -0.15) is 0 Å². The molecule has 0 saturated carbocycles. The molecule has 4 nitrogen and oxygen atoms in total. The Bertz CT molecular complexity index is 484. The van der Waals surface area contributed by atoms with E-state index in [4.69, 9.17) is 5.73 Å². The summed E-state index contributed by atoms with van der Waals surface area (Å²) < 4.78 is 0. The summed E-state index contributed by atoms with van der Waals surface area (Å²) in [6, 6.07) is 9.37. The van der Waals surface area contributed by atoms with Crippen LogP contribution in [0, 0.1) is 0 Å². The summed E-state index contributed by atoms with van der Waals surface area (Å²) in [6.45, 7) is 0.470. The Balaban J connectivity index is 1.80. The van der Waals surface area contributed by atoms with Crippen LogP contribution in [0.3, 0.4) is 0 Å². The molecule has 0 fully saturated rings. The topological polar surface area (TPSA) is 68.0 Å². The predicted octanol–water partition coefficient (Wildman–Crippen LogP) is 1.85. The molecule has 3 N–H and O–H groups in total. The number of nitrogens with two attached hydrogens (primary N) is 1. The van der Waals surface area contributed by atoms with Crippen LogP contribution >= 0.6 is 11.3 Å². The summed E-state index contributed by atoms with van der Waals surface area (Å²) in [7, 11) is 0. The van der Waals surface area contributed by atoms with E-state index in [-0.39, 0.29) is 18.4 Å². The fourth-order valence-electron chi connectivity index (χ4n) is 1.60. The minimum atomic E-state index is -0.262. The monoisotopic (exact) mass is 261 g/mol. The average molecular weight is 261 g/mol. The van der Waals surface area contributed by atoms with E-state index in [9.17, 15) is 4.79 Å². The molecule has 94 valence electrons. The maximum atomic E-state index is 11.7. The van der Waals surface area contributed by atoms with Crippen molar-refractivity contribution < 1.29 is 4.79 Å². The molecule has 0 radical (unpaired) electrons. The van der Waals surface area contributed by atoms with Crippen molar-refractivity contribution in [2.24, 2.45) is 5.73 Å². The summed E-state index contributed by atoms with van der Waals surface area (Å²) in [5.41, 5.74) is 6.94. The molecule has 2 aromatic rings. The number of carbonyl (C=O) groups is 1. The molecule has 1 heterocycles. The van der Waals surface area contributed by atoms with Crippen molar-refractivity contribution in [2.45, 2.75) is 19.0 Å². The summed E-state index contributed by atoms with van der Waals surface area (Å²) >= 11 is 1.52. The molecule has 0 aliphatic carbocycles. The van der Waals surface area contributed by atoms with Crippen LogP contribution in [-0.4, -0.2) is 10.9 Å². The van der Waals surface area contributed by atoms with Crippen molar-refractivity contribution in [3.63, 3.8) is 0 Å². The number of aromatic nitrogens is 1. The third-order valence-electron chi connectivity index (χ3n) is 2.55. The third-order valence-corrected chi connectivity index (χ3v) is 3.33. The van der Waals surface area contributed by atoms with Crippen molar-refractivity contribution in [1.29, 1.82) is 0 Å². The van der Waals surface area contributed by atoms with Crippen LogP contribution in [0.25, 0.3) is 0 Å². The van der Waals surface area contributed by atoms with Crippen molar-refractivity contribution in [3.8, 4) is 0 Å². The lowest BCUT2D eigenvalue weighted by Gasteiger charge is -2.11. The molecule has 1 unspecified atom stereocenters. The van der Waals surface area contributed by atoms with E-state index >= 15 is 0 Å². The highest BCUT2D eigenvalue weighted by Crippen LogP contribution is 2.13. The van der Waals surface area contributed by atoms with E-state index in [0.29, 0.717) is 6.54 Å². The van der Waals surface area contributed by atoms with E-state index in [1.807, 2.05) is 35.7 Å². The van der Waals surface area contributed by atoms with E-state index in [0.717, 1.165) is 10.6 Å². The number of hydrogen-bond acceptors (Lipinski definition) is 4. The number of thiazole rings is 1. The van der Waals surface area contributed by atoms with Crippen LogP contribution in [-0.2, 0) is 11.3 Å². The van der Waals surface area contributed by atoms with E-state index in [2.05, 4.69) is 10.3 Å². The molecule has 1 aromatic heterocycles. The number of nitrogens with one attached hydrogen (secondary N) is 1. The highest BCUT2D eigenvalue weighted by Gasteiger charge is 2.11. The van der Waals surface area contributed by atoms with Gasteiger partial charge >= 0.3 is 0 Å². The molecule has 0 aliphatic rings. The number of nitrogens with zero attached hydrogens (tertiary/aromatic N) is 1. The molecule has 0 saturated heterocycles. The van der Waals surface area contributed by atoms with Gasteiger partial charge in [0.2, 0.25) is 5.91 Å². The van der Waals surface area contributed by atoms with Gasteiger partial charge < -0.3 is 11.1 Å². The van der Waals surface area contributed by atoms with Crippen molar-refractivity contribution in [2.75, 3.05) is 0 Å². The molecule has 5 heteroatoms. The van der Waals surface area contributed by atoms with Crippen LogP contribution in [0.15, 0.2) is 41.9 Å². The second kappa shape index (κ2) is 6.28. The minimum Gasteiger partial charge on any atom is -0.350 e. The first kappa shape index (κ1) is 12.7. The second-order valence-electron chi connectivity index (χ2n) is 3.92. The molecule has 1 aromatic carbocycles. The first-order valence-corrected chi connectivity index (χ1v) is 6.59. The Morgan fingerprint density at radius 1 is 1.39 bits per heavy atom. The van der Waals surface area contributed by atoms with Crippen LogP contribution in [0.4, 0.5) is 0 Å². The van der Waals surface area contributed by atoms with Gasteiger partial charge in [-0.3, -0.25) is 4.79 Å². The van der Waals surface area contributed by atoms with Gasteiger partial charge in [0.1, 0.15) is 5.01 Å². The van der Waals surface area contributed by atoms with Crippen LogP contribution in [0.2, 0.25) is 0 Å². The van der Waals surface area contributed by atoms with Crippen molar-refractivity contribution in [1.82, 2.24) is 10.3 Å². The Morgan fingerprint density at radius 3 is 2.83 bits per heavy atom. The zero-order chi connectivity index (χ0) is 12.8. The van der Waals surface area contributed by atoms with Gasteiger partial charge in [-0.15, -0.1) is 11.3 Å². The highest BCUT2D eigenvalue weighted by atomic mass is 32.1. The maximum absolute atomic E-state index is 11.7. The van der Waals surface area contributed by atoms with Gasteiger partial charge in [-0.05, 0) is 5.56 Å². The molecule has 1 amide bonds. The Morgan fingerprint density at radius 2 is 2.17 bits per heavy atom. The summed E-state index contributed by atoms with van der Waals surface area (Å²) in [5.74, 6) is -0.0541. The molecule has 0 aliphatic heterocycles. The second-order valence-corrected chi connectivity index (χ2v) is 4.90. The van der Waals surface area contributed by atoms with Crippen molar-refractivity contribution >= 4 is 17.2 Å². The zero-order valence-corrected chi connectivity index (χ0v) is 10.7.